The van der Waals surface area contributed by atoms with E-state index in [1.807, 2.05) is 0 Å². The molecule has 5 aliphatic heterocycles. The van der Waals surface area contributed by atoms with Crippen LogP contribution in [0.3, 0.4) is 0 Å². The number of hydrogen-bond donors (Lipinski definition) is 0. The summed E-state index contributed by atoms with van der Waals surface area (Å²) < 4.78 is 49.1. The minimum absolute atomic E-state index is 0.168. The van der Waals surface area contributed by atoms with Gasteiger partial charge in [-0.2, -0.15) is 4.39 Å². The highest BCUT2D eigenvalue weighted by Gasteiger charge is 2.57. The topological polar surface area (TPSA) is 36.9 Å². The van der Waals surface area contributed by atoms with Crippen LogP contribution in [0.1, 0.15) is 32.1 Å². The van der Waals surface area contributed by atoms with Crippen LogP contribution in [0.25, 0.3) is 0 Å². The summed E-state index contributed by atoms with van der Waals surface area (Å²) in [6.07, 6.45) is 5.00. The SMILES string of the molecule is Fc1cccc(OCOC23OC(CC4CCC2CC4)O3)c1F. The molecule has 5 saturated heterocycles. The van der Waals surface area contributed by atoms with E-state index in [1.165, 1.54) is 25.0 Å². The Hall–Kier alpha value is -1.24. The summed E-state index contributed by atoms with van der Waals surface area (Å²) in [6, 6.07) is 3.78. The Morgan fingerprint density at radius 1 is 1.14 bits per heavy atom. The minimum Gasteiger partial charge on any atom is -0.464 e. The molecular weight excluding hydrogens is 294 g/mol. The third kappa shape index (κ3) is 2.39. The largest absolute Gasteiger partial charge is 0.464 e. The van der Waals surface area contributed by atoms with Gasteiger partial charge in [0.05, 0.1) is 0 Å². The van der Waals surface area contributed by atoms with Crippen LogP contribution in [0.2, 0.25) is 0 Å². The molecule has 1 aromatic carbocycles. The van der Waals surface area contributed by atoms with E-state index in [0.29, 0.717) is 5.92 Å². The lowest BCUT2D eigenvalue weighted by atomic mass is 9.76. The van der Waals surface area contributed by atoms with E-state index >= 15 is 0 Å². The molecule has 120 valence electrons. The number of benzene rings is 1. The molecular formula is C16H18F2O4. The maximum Gasteiger partial charge on any atom is 0.293 e. The van der Waals surface area contributed by atoms with Crippen molar-refractivity contribution in [2.45, 2.75) is 44.4 Å². The summed E-state index contributed by atoms with van der Waals surface area (Å²) in [5.41, 5.74) is 0. The van der Waals surface area contributed by atoms with Crippen molar-refractivity contribution in [2.24, 2.45) is 11.8 Å². The van der Waals surface area contributed by atoms with Gasteiger partial charge in [-0.3, -0.25) is 14.2 Å². The Morgan fingerprint density at radius 2 is 1.91 bits per heavy atom. The number of hydrogen-bond acceptors (Lipinski definition) is 4. The zero-order valence-corrected chi connectivity index (χ0v) is 12.1. The van der Waals surface area contributed by atoms with Crippen LogP contribution in [0.4, 0.5) is 8.78 Å². The van der Waals surface area contributed by atoms with Gasteiger partial charge in [-0.25, -0.2) is 4.39 Å². The predicted molar refractivity (Wildman–Crippen MR) is 71.7 cm³/mol. The van der Waals surface area contributed by atoms with Crippen LogP contribution in [0, 0.1) is 23.5 Å². The maximum absolute atomic E-state index is 13.5. The van der Waals surface area contributed by atoms with Crippen LogP contribution < -0.4 is 4.74 Å². The highest BCUT2D eigenvalue weighted by molar-refractivity contribution is 5.24. The van der Waals surface area contributed by atoms with Gasteiger partial charge in [0.1, 0.15) is 0 Å². The number of halogens is 2. The summed E-state index contributed by atoms with van der Waals surface area (Å²) in [5.74, 6) is -2.37. The summed E-state index contributed by atoms with van der Waals surface area (Å²) in [4.78, 5) is 0. The molecule has 1 aromatic rings. The van der Waals surface area contributed by atoms with Gasteiger partial charge < -0.3 is 4.74 Å². The van der Waals surface area contributed by atoms with Crippen molar-refractivity contribution in [3.63, 3.8) is 0 Å². The lowest BCUT2D eigenvalue weighted by Crippen LogP contribution is -2.63. The quantitative estimate of drug-likeness (QED) is 0.797. The van der Waals surface area contributed by atoms with Crippen molar-refractivity contribution in [3.8, 4) is 5.75 Å². The van der Waals surface area contributed by atoms with Crippen LogP contribution in [0.15, 0.2) is 18.2 Å². The Kier molecular flexibility index (Phi) is 3.55. The fourth-order valence-electron chi connectivity index (χ4n) is 3.64. The second kappa shape index (κ2) is 5.44. The molecule has 0 atom stereocenters. The molecule has 6 heteroatoms. The Bertz CT molecular complexity index is 551. The van der Waals surface area contributed by atoms with E-state index < -0.39 is 17.6 Å². The fourth-order valence-corrected chi connectivity index (χ4v) is 3.64. The molecule has 0 unspecified atom stereocenters. The Balaban J connectivity index is 1.40. The molecule has 6 fully saturated rings. The molecule has 7 rings (SSSR count). The van der Waals surface area contributed by atoms with Gasteiger partial charge >= 0.3 is 0 Å². The van der Waals surface area contributed by atoms with E-state index in [4.69, 9.17) is 18.9 Å². The Morgan fingerprint density at radius 3 is 2.68 bits per heavy atom. The van der Waals surface area contributed by atoms with Crippen molar-refractivity contribution in [1.82, 2.24) is 0 Å². The second-order valence-electron chi connectivity index (χ2n) is 6.18. The molecule has 1 aliphatic carbocycles. The van der Waals surface area contributed by atoms with Gasteiger partial charge in [-0.15, -0.1) is 0 Å². The van der Waals surface area contributed by atoms with E-state index in [0.717, 1.165) is 25.3 Å². The maximum atomic E-state index is 13.5. The lowest BCUT2D eigenvalue weighted by molar-refractivity contribution is -0.571. The smallest absolute Gasteiger partial charge is 0.293 e. The molecule has 1 saturated carbocycles. The molecule has 0 spiro atoms. The molecule has 6 aliphatic rings. The van der Waals surface area contributed by atoms with Gasteiger partial charge in [0.2, 0.25) is 5.82 Å². The molecule has 5 heterocycles. The molecule has 22 heavy (non-hydrogen) atoms. The molecule has 0 N–H and O–H groups in total. The van der Waals surface area contributed by atoms with Crippen molar-refractivity contribution in [3.05, 3.63) is 29.8 Å². The second-order valence-corrected chi connectivity index (χ2v) is 6.18. The Labute approximate surface area is 127 Å². The summed E-state index contributed by atoms with van der Waals surface area (Å²) >= 11 is 0. The fraction of sp³-hybridized carbons (Fsp3) is 0.625. The predicted octanol–water partition coefficient (Wildman–Crippen LogP) is 3.55. The van der Waals surface area contributed by atoms with Gasteiger partial charge in [0, 0.05) is 12.3 Å². The number of ether oxygens (including phenoxy) is 4. The highest BCUT2D eigenvalue weighted by atomic mass is 19.2. The zero-order chi connectivity index (χ0) is 15.2. The van der Waals surface area contributed by atoms with Crippen molar-refractivity contribution in [1.29, 1.82) is 0 Å². The van der Waals surface area contributed by atoms with E-state index in [1.54, 1.807) is 0 Å². The monoisotopic (exact) mass is 312 g/mol. The molecule has 0 amide bonds. The summed E-state index contributed by atoms with van der Waals surface area (Å²) in [5, 5.41) is 0. The normalized spacial score (nSPS) is 36.4. The van der Waals surface area contributed by atoms with Gasteiger partial charge in [-0.05, 0) is 43.7 Å². The van der Waals surface area contributed by atoms with Crippen LogP contribution >= 0.6 is 0 Å². The third-order valence-electron chi connectivity index (χ3n) is 4.85. The van der Waals surface area contributed by atoms with Gasteiger partial charge in [0.25, 0.3) is 5.97 Å². The van der Waals surface area contributed by atoms with Crippen molar-refractivity contribution < 1.29 is 27.7 Å². The molecule has 0 aromatic heterocycles. The molecule has 4 bridgehead atoms. The van der Waals surface area contributed by atoms with Crippen molar-refractivity contribution in [2.75, 3.05) is 6.79 Å². The lowest BCUT2D eigenvalue weighted by Gasteiger charge is -2.55. The first-order valence-corrected chi connectivity index (χ1v) is 7.73. The average Bonchev–Trinajstić information content (AvgIpc) is 2.45. The van der Waals surface area contributed by atoms with Crippen LogP contribution in [-0.2, 0) is 14.2 Å². The van der Waals surface area contributed by atoms with E-state index in [9.17, 15) is 8.78 Å². The minimum atomic E-state index is -1.07. The number of rotatable bonds is 4. The van der Waals surface area contributed by atoms with Crippen molar-refractivity contribution >= 4 is 0 Å². The first-order valence-electron chi connectivity index (χ1n) is 7.73. The third-order valence-corrected chi connectivity index (χ3v) is 4.85. The average molecular weight is 312 g/mol. The van der Waals surface area contributed by atoms with Gasteiger partial charge in [-0.1, -0.05) is 6.07 Å². The van der Waals surface area contributed by atoms with Crippen LogP contribution in [0.5, 0.6) is 5.75 Å². The summed E-state index contributed by atoms with van der Waals surface area (Å²) in [7, 11) is 0. The van der Waals surface area contributed by atoms with E-state index in [2.05, 4.69) is 0 Å². The highest BCUT2D eigenvalue weighted by Crippen LogP contribution is 2.51. The first-order chi connectivity index (χ1) is 10.7. The standard InChI is InChI=1S/C16H18F2O4/c17-12-2-1-3-13(15(12)18)19-9-20-16-11-6-4-10(5-7-11)8-14(21-16)22-16/h1-3,10-11,14H,4-9H2. The molecule has 4 nitrogen and oxygen atoms in total. The summed E-state index contributed by atoms with van der Waals surface area (Å²) in [6.45, 7) is -0.243. The molecule has 0 radical (unpaired) electrons. The van der Waals surface area contributed by atoms with Crippen LogP contribution in [-0.4, -0.2) is 19.1 Å². The first kappa shape index (κ1) is 14.4. The van der Waals surface area contributed by atoms with Gasteiger partial charge in [0.15, 0.2) is 24.6 Å². The zero-order valence-electron chi connectivity index (χ0n) is 12.1. The van der Waals surface area contributed by atoms with E-state index in [-0.39, 0.29) is 24.8 Å².